The van der Waals surface area contributed by atoms with Gasteiger partial charge in [0.2, 0.25) is 0 Å². The molecule has 0 aliphatic heterocycles. The minimum absolute atomic E-state index is 0.323. The van der Waals surface area contributed by atoms with Crippen LogP contribution in [0.1, 0.15) is 44.7 Å². The Morgan fingerprint density at radius 1 is 1.36 bits per heavy atom. The number of carboxylic acid groups (broad SMARTS) is 1. The summed E-state index contributed by atoms with van der Waals surface area (Å²) in [6, 6.07) is 4.04. The molecular weight excluding hydrogens is 300 g/mol. The lowest BCUT2D eigenvalue weighted by Gasteiger charge is -2.33. The molecule has 1 aromatic heterocycles. The Hall–Kier alpha value is -1.29. The molecule has 1 aliphatic carbocycles. The average molecular weight is 325 g/mol. The van der Waals surface area contributed by atoms with Crippen molar-refractivity contribution in [1.29, 1.82) is 0 Å². The van der Waals surface area contributed by atoms with Crippen LogP contribution in [0, 0.1) is 11.8 Å². The maximum atomic E-state index is 10.8. The van der Waals surface area contributed by atoms with E-state index in [1.807, 2.05) is 6.07 Å². The standard InChI is InChI=1S/C17H25ClN2O2/c1-2-20(16-4-3-9-19-15(16)11-18)12-14-7-5-13(6-8-14)10-17(21)22/h3-4,9,13-14H,2,5-8,10-12H2,1H3,(H,21,22). The number of alkyl halides is 1. The van der Waals surface area contributed by atoms with E-state index in [-0.39, 0.29) is 0 Å². The van der Waals surface area contributed by atoms with Gasteiger partial charge in [0.1, 0.15) is 0 Å². The predicted octanol–water partition coefficient (Wildman–Crippen LogP) is 3.93. The second-order valence-electron chi connectivity index (χ2n) is 6.13. The fraction of sp³-hybridized carbons (Fsp3) is 0.647. The van der Waals surface area contributed by atoms with Gasteiger partial charge < -0.3 is 10.0 Å². The molecule has 4 nitrogen and oxygen atoms in total. The van der Waals surface area contributed by atoms with E-state index in [1.165, 1.54) is 0 Å². The summed E-state index contributed by atoms with van der Waals surface area (Å²) in [6.45, 7) is 4.09. The Morgan fingerprint density at radius 2 is 2.05 bits per heavy atom. The molecule has 1 N–H and O–H groups in total. The van der Waals surface area contributed by atoms with E-state index in [2.05, 4.69) is 22.9 Å². The summed E-state index contributed by atoms with van der Waals surface area (Å²) in [5.74, 6) is 0.757. The Bertz CT molecular complexity index is 487. The van der Waals surface area contributed by atoms with Crippen LogP contribution in [0.2, 0.25) is 0 Å². The normalized spacial score (nSPS) is 21.5. The van der Waals surface area contributed by atoms with Crippen LogP contribution in [0.25, 0.3) is 0 Å². The summed E-state index contributed by atoms with van der Waals surface area (Å²) in [4.78, 5) is 17.5. The molecular formula is C17H25ClN2O2. The summed E-state index contributed by atoms with van der Waals surface area (Å²) >= 11 is 6.00. The largest absolute Gasteiger partial charge is 0.481 e. The number of rotatable bonds is 7. The van der Waals surface area contributed by atoms with Crippen LogP contribution >= 0.6 is 11.6 Å². The molecule has 1 aliphatic rings. The van der Waals surface area contributed by atoms with E-state index >= 15 is 0 Å². The van der Waals surface area contributed by atoms with Gasteiger partial charge in [-0.1, -0.05) is 0 Å². The molecule has 0 aromatic carbocycles. The van der Waals surface area contributed by atoms with Crippen LogP contribution < -0.4 is 4.90 Å². The molecule has 0 amide bonds. The zero-order chi connectivity index (χ0) is 15.9. The van der Waals surface area contributed by atoms with Crippen molar-refractivity contribution < 1.29 is 9.90 Å². The van der Waals surface area contributed by atoms with Gasteiger partial charge >= 0.3 is 5.97 Å². The third-order valence-electron chi connectivity index (χ3n) is 4.62. The van der Waals surface area contributed by atoms with Gasteiger partial charge in [0.15, 0.2) is 0 Å². The Morgan fingerprint density at radius 3 is 2.64 bits per heavy atom. The fourth-order valence-corrected chi connectivity index (χ4v) is 3.60. The van der Waals surface area contributed by atoms with Gasteiger partial charge in [-0.2, -0.15) is 0 Å². The third-order valence-corrected chi connectivity index (χ3v) is 4.88. The fourth-order valence-electron chi connectivity index (χ4n) is 3.39. The molecule has 1 heterocycles. The van der Waals surface area contributed by atoms with Crippen molar-refractivity contribution in [3.05, 3.63) is 24.0 Å². The molecule has 22 heavy (non-hydrogen) atoms. The third kappa shape index (κ3) is 4.60. The van der Waals surface area contributed by atoms with Crippen LogP contribution in [0.4, 0.5) is 5.69 Å². The monoisotopic (exact) mass is 324 g/mol. The summed E-state index contributed by atoms with van der Waals surface area (Å²) in [7, 11) is 0. The van der Waals surface area contributed by atoms with Crippen LogP contribution in [-0.2, 0) is 10.7 Å². The van der Waals surface area contributed by atoms with Crippen molar-refractivity contribution in [2.45, 2.75) is 44.9 Å². The van der Waals surface area contributed by atoms with Gasteiger partial charge in [0.05, 0.1) is 17.3 Å². The highest BCUT2D eigenvalue weighted by molar-refractivity contribution is 6.17. The number of pyridine rings is 1. The Labute approximate surface area is 137 Å². The topological polar surface area (TPSA) is 53.4 Å². The van der Waals surface area contributed by atoms with Gasteiger partial charge in [0.25, 0.3) is 0 Å². The molecule has 0 atom stereocenters. The summed E-state index contributed by atoms with van der Waals surface area (Å²) < 4.78 is 0. The Kier molecular flexibility index (Phi) is 6.49. The molecule has 0 spiro atoms. The van der Waals surface area contributed by atoms with E-state index in [0.29, 0.717) is 24.1 Å². The smallest absolute Gasteiger partial charge is 0.303 e. The van der Waals surface area contributed by atoms with Crippen LogP contribution in [0.3, 0.4) is 0 Å². The molecule has 1 aromatic rings. The number of carboxylic acids is 1. The van der Waals surface area contributed by atoms with Crippen molar-refractivity contribution in [2.24, 2.45) is 11.8 Å². The molecule has 122 valence electrons. The van der Waals surface area contributed by atoms with E-state index in [0.717, 1.165) is 50.2 Å². The number of carbonyl (C=O) groups is 1. The number of aliphatic carboxylic acids is 1. The molecule has 2 rings (SSSR count). The number of hydrogen-bond acceptors (Lipinski definition) is 3. The van der Waals surface area contributed by atoms with Crippen molar-refractivity contribution in [3.63, 3.8) is 0 Å². The number of halogens is 1. The molecule has 0 unspecified atom stereocenters. The first-order valence-electron chi connectivity index (χ1n) is 8.10. The van der Waals surface area contributed by atoms with E-state index < -0.39 is 5.97 Å². The SMILES string of the molecule is CCN(CC1CCC(CC(=O)O)CC1)c1cccnc1CCl. The second-order valence-corrected chi connectivity index (χ2v) is 6.39. The molecule has 1 saturated carbocycles. The number of anilines is 1. The lowest BCUT2D eigenvalue weighted by molar-refractivity contribution is -0.138. The zero-order valence-electron chi connectivity index (χ0n) is 13.2. The lowest BCUT2D eigenvalue weighted by Crippen LogP contribution is -2.32. The van der Waals surface area contributed by atoms with Crippen LogP contribution in [0.15, 0.2) is 18.3 Å². The quantitative estimate of drug-likeness (QED) is 0.772. The van der Waals surface area contributed by atoms with E-state index in [1.54, 1.807) is 6.20 Å². The number of hydrogen-bond donors (Lipinski definition) is 1. The van der Waals surface area contributed by atoms with Crippen molar-refractivity contribution in [2.75, 3.05) is 18.0 Å². The van der Waals surface area contributed by atoms with Crippen LogP contribution in [0.5, 0.6) is 0 Å². The summed E-state index contributed by atoms with van der Waals surface area (Å²) in [5.41, 5.74) is 2.07. The molecule has 0 bridgehead atoms. The maximum absolute atomic E-state index is 10.8. The van der Waals surface area contributed by atoms with Crippen molar-refractivity contribution in [1.82, 2.24) is 4.98 Å². The molecule has 1 fully saturated rings. The highest BCUT2D eigenvalue weighted by Crippen LogP contribution is 2.32. The first-order chi connectivity index (χ1) is 10.6. The number of nitrogens with zero attached hydrogens (tertiary/aromatic N) is 2. The highest BCUT2D eigenvalue weighted by atomic mass is 35.5. The average Bonchev–Trinajstić information content (AvgIpc) is 2.53. The first kappa shape index (κ1) is 17.1. The van der Waals surface area contributed by atoms with Gasteiger partial charge in [-0.05, 0) is 56.6 Å². The lowest BCUT2D eigenvalue weighted by atomic mass is 9.80. The van der Waals surface area contributed by atoms with Gasteiger partial charge in [0, 0.05) is 25.7 Å². The molecule has 0 radical (unpaired) electrons. The maximum Gasteiger partial charge on any atom is 0.303 e. The Balaban J connectivity index is 1.93. The van der Waals surface area contributed by atoms with E-state index in [9.17, 15) is 4.79 Å². The van der Waals surface area contributed by atoms with Crippen LogP contribution in [-0.4, -0.2) is 29.1 Å². The minimum Gasteiger partial charge on any atom is -0.481 e. The second kappa shape index (κ2) is 8.37. The predicted molar refractivity (Wildman–Crippen MR) is 89.4 cm³/mol. The van der Waals surface area contributed by atoms with E-state index in [4.69, 9.17) is 16.7 Å². The number of aromatic nitrogens is 1. The summed E-state index contributed by atoms with van der Waals surface area (Å²) in [6.07, 6.45) is 6.40. The van der Waals surface area contributed by atoms with Gasteiger partial charge in [-0.3, -0.25) is 9.78 Å². The van der Waals surface area contributed by atoms with Gasteiger partial charge in [-0.25, -0.2) is 0 Å². The van der Waals surface area contributed by atoms with Gasteiger partial charge in [-0.15, -0.1) is 11.6 Å². The minimum atomic E-state index is -0.666. The molecule has 0 saturated heterocycles. The first-order valence-corrected chi connectivity index (χ1v) is 8.64. The van der Waals surface area contributed by atoms with Crippen molar-refractivity contribution >= 4 is 23.3 Å². The van der Waals surface area contributed by atoms with Crippen molar-refractivity contribution in [3.8, 4) is 0 Å². The highest BCUT2D eigenvalue weighted by Gasteiger charge is 2.24. The molecule has 5 heteroatoms. The zero-order valence-corrected chi connectivity index (χ0v) is 13.9. The summed E-state index contributed by atoms with van der Waals surface area (Å²) in [5, 5.41) is 8.89.